The van der Waals surface area contributed by atoms with E-state index in [9.17, 15) is 9.59 Å². The third kappa shape index (κ3) is 5.39. The first-order valence-electron chi connectivity index (χ1n) is 13.0. The zero-order valence-electron chi connectivity index (χ0n) is 21.2. The lowest BCUT2D eigenvalue weighted by atomic mass is 10.1. The van der Waals surface area contributed by atoms with Gasteiger partial charge in [0.2, 0.25) is 0 Å². The summed E-state index contributed by atoms with van der Waals surface area (Å²) in [4.78, 5) is 28.6. The predicted molar refractivity (Wildman–Crippen MR) is 150 cm³/mol. The molecule has 0 bridgehead atoms. The number of ether oxygens (including phenoxy) is 2. The molecule has 1 aromatic heterocycles. The molecule has 0 spiro atoms. The second kappa shape index (κ2) is 10.9. The molecule has 0 atom stereocenters. The number of hydrogen-bond acceptors (Lipinski definition) is 6. The van der Waals surface area contributed by atoms with E-state index in [1.54, 1.807) is 53.4 Å². The van der Waals surface area contributed by atoms with Crippen LogP contribution in [-0.4, -0.2) is 46.9 Å². The molecule has 4 aromatic rings. The second-order valence-electron chi connectivity index (χ2n) is 9.58. The van der Waals surface area contributed by atoms with Crippen LogP contribution in [0.4, 0.5) is 11.4 Å². The monoisotopic (exact) mass is 542 g/mol. The van der Waals surface area contributed by atoms with Crippen molar-refractivity contribution >= 4 is 28.9 Å². The number of carbonyl (C=O) groups is 1. The van der Waals surface area contributed by atoms with Gasteiger partial charge in [0.15, 0.2) is 11.4 Å². The first-order valence-corrected chi connectivity index (χ1v) is 13.3. The maximum absolute atomic E-state index is 13.8. The van der Waals surface area contributed by atoms with Crippen molar-refractivity contribution in [2.75, 3.05) is 31.6 Å². The third-order valence-electron chi connectivity index (χ3n) is 6.97. The van der Waals surface area contributed by atoms with E-state index in [-0.39, 0.29) is 17.3 Å². The fourth-order valence-corrected chi connectivity index (χ4v) is 5.17. The maximum atomic E-state index is 13.8. The Hall–Kier alpha value is -4.14. The molecule has 8 nitrogen and oxygen atoms in total. The van der Waals surface area contributed by atoms with Gasteiger partial charge in [-0.15, -0.1) is 0 Å². The summed E-state index contributed by atoms with van der Waals surface area (Å²) in [6.45, 7) is 2.13. The average Bonchev–Trinajstić information content (AvgIpc) is 3.43. The van der Waals surface area contributed by atoms with Gasteiger partial charge in [0.25, 0.3) is 11.5 Å². The fourth-order valence-electron chi connectivity index (χ4n) is 4.98. The minimum atomic E-state index is -0.416. The summed E-state index contributed by atoms with van der Waals surface area (Å²) in [5.74, 6) is 0.834. The van der Waals surface area contributed by atoms with E-state index in [1.807, 2.05) is 12.1 Å². The highest BCUT2D eigenvalue weighted by molar-refractivity contribution is 6.30. The zero-order chi connectivity index (χ0) is 26.8. The first kappa shape index (κ1) is 25.2. The minimum Gasteiger partial charge on any atom is -0.453 e. The second-order valence-corrected chi connectivity index (χ2v) is 10.0. The average molecular weight is 543 g/mol. The first-order chi connectivity index (χ1) is 19.0. The van der Waals surface area contributed by atoms with Crippen LogP contribution in [0, 0.1) is 0 Å². The summed E-state index contributed by atoms with van der Waals surface area (Å²) in [6, 6.07) is 20.0. The van der Waals surface area contributed by atoms with Crippen LogP contribution in [0.15, 0.2) is 77.7 Å². The summed E-state index contributed by atoms with van der Waals surface area (Å²) in [5, 5.41) is 8.07. The van der Waals surface area contributed by atoms with E-state index in [2.05, 4.69) is 16.5 Å². The molecule has 3 aromatic carbocycles. The molecule has 1 N–H and O–H groups in total. The molecule has 2 heterocycles. The number of nitrogens with zero attached hydrogens (tertiary/aromatic N) is 3. The highest BCUT2D eigenvalue weighted by atomic mass is 35.5. The lowest BCUT2D eigenvalue weighted by Gasteiger charge is -2.27. The van der Waals surface area contributed by atoms with Crippen LogP contribution in [0.2, 0.25) is 5.02 Å². The third-order valence-corrected chi connectivity index (χ3v) is 7.21. The van der Waals surface area contributed by atoms with Gasteiger partial charge in [-0.1, -0.05) is 29.8 Å². The van der Waals surface area contributed by atoms with Gasteiger partial charge in [0.1, 0.15) is 5.75 Å². The normalized spacial score (nSPS) is 14.6. The van der Waals surface area contributed by atoms with Crippen LogP contribution < -0.4 is 15.6 Å². The zero-order valence-corrected chi connectivity index (χ0v) is 22.0. The molecule has 6 rings (SSSR count). The quantitative estimate of drug-likeness (QED) is 0.352. The molecular weight excluding hydrogens is 516 g/mol. The standard InChI is InChI=1S/C30H27ClN4O4/c31-23-7-3-9-25(18-23)35-30(37)28(27(19-32-35)39-26-11-10-20-4-1-5-21(20)17-26)33-24-8-2-6-22(16-24)29(36)34-12-14-38-15-13-34/h2-3,6-11,16-19,33H,1,4-5,12-15H2. The number of amides is 1. The van der Waals surface area contributed by atoms with E-state index in [0.29, 0.717) is 54.0 Å². The van der Waals surface area contributed by atoms with Crippen LogP contribution >= 0.6 is 11.6 Å². The summed E-state index contributed by atoms with van der Waals surface area (Å²) in [6.07, 6.45) is 4.72. The maximum Gasteiger partial charge on any atom is 0.299 e. The van der Waals surface area contributed by atoms with Crippen molar-refractivity contribution in [1.29, 1.82) is 0 Å². The number of carbonyl (C=O) groups excluding carboxylic acids is 1. The summed E-state index contributed by atoms with van der Waals surface area (Å²) in [5.41, 5.74) is 3.99. The van der Waals surface area contributed by atoms with Crippen LogP contribution in [0.3, 0.4) is 0 Å². The summed E-state index contributed by atoms with van der Waals surface area (Å²) < 4.78 is 12.9. The highest BCUT2D eigenvalue weighted by Crippen LogP contribution is 2.32. The summed E-state index contributed by atoms with van der Waals surface area (Å²) in [7, 11) is 0. The van der Waals surface area contributed by atoms with E-state index in [4.69, 9.17) is 21.1 Å². The molecule has 1 amide bonds. The van der Waals surface area contributed by atoms with E-state index in [1.165, 1.54) is 22.0 Å². The molecule has 1 aliphatic carbocycles. The molecular formula is C30H27ClN4O4. The van der Waals surface area contributed by atoms with Crippen molar-refractivity contribution in [2.24, 2.45) is 0 Å². The van der Waals surface area contributed by atoms with Crippen molar-refractivity contribution < 1.29 is 14.3 Å². The van der Waals surface area contributed by atoms with E-state index in [0.717, 1.165) is 19.3 Å². The molecule has 9 heteroatoms. The highest BCUT2D eigenvalue weighted by Gasteiger charge is 2.20. The van der Waals surface area contributed by atoms with Crippen molar-refractivity contribution in [2.45, 2.75) is 19.3 Å². The largest absolute Gasteiger partial charge is 0.453 e. The SMILES string of the molecule is O=C(c1cccc(Nc2c(Oc3ccc4c(c3)CCC4)cnn(-c3cccc(Cl)c3)c2=O)c1)N1CCOCC1. The topological polar surface area (TPSA) is 85.7 Å². The van der Waals surface area contributed by atoms with Gasteiger partial charge in [-0.3, -0.25) is 9.59 Å². The van der Waals surface area contributed by atoms with Gasteiger partial charge in [0, 0.05) is 29.4 Å². The van der Waals surface area contributed by atoms with Crippen LogP contribution in [0.1, 0.15) is 27.9 Å². The van der Waals surface area contributed by atoms with Crippen LogP contribution in [0.25, 0.3) is 5.69 Å². The number of anilines is 2. The molecule has 1 aliphatic heterocycles. The van der Waals surface area contributed by atoms with Crippen molar-refractivity contribution in [1.82, 2.24) is 14.7 Å². The van der Waals surface area contributed by atoms with Crippen molar-refractivity contribution in [3.63, 3.8) is 0 Å². The number of aromatic nitrogens is 2. The number of halogens is 1. The molecule has 2 aliphatic rings. The molecule has 39 heavy (non-hydrogen) atoms. The van der Waals surface area contributed by atoms with E-state index >= 15 is 0 Å². The smallest absolute Gasteiger partial charge is 0.299 e. The Bertz CT molecular complexity index is 1600. The predicted octanol–water partition coefficient (Wildman–Crippen LogP) is 5.38. The number of aryl methyl sites for hydroxylation is 2. The molecule has 0 saturated carbocycles. The Morgan fingerprint density at radius 2 is 1.79 bits per heavy atom. The van der Waals surface area contributed by atoms with Crippen molar-refractivity contribution in [3.05, 3.63) is 105 Å². The molecule has 1 fully saturated rings. The Kier molecular flexibility index (Phi) is 7.04. The Morgan fingerprint density at radius 1 is 0.974 bits per heavy atom. The van der Waals surface area contributed by atoms with Gasteiger partial charge < -0.3 is 19.7 Å². The number of benzene rings is 3. The van der Waals surface area contributed by atoms with Crippen molar-refractivity contribution in [3.8, 4) is 17.2 Å². The Balaban J connectivity index is 1.37. The number of hydrogen-bond donors (Lipinski definition) is 1. The summed E-state index contributed by atoms with van der Waals surface area (Å²) >= 11 is 6.19. The Labute approximate surface area is 230 Å². The number of rotatable bonds is 6. The fraction of sp³-hybridized carbons (Fsp3) is 0.233. The van der Waals surface area contributed by atoms with Gasteiger partial charge >= 0.3 is 0 Å². The van der Waals surface area contributed by atoms with E-state index < -0.39 is 5.56 Å². The Morgan fingerprint density at radius 3 is 2.64 bits per heavy atom. The lowest BCUT2D eigenvalue weighted by molar-refractivity contribution is 0.0303. The number of fused-ring (bicyclic) bond motifs is 1. The molecule has 1 saturated heterocycles. The number of morpholine rings is 1. The van der Waals surface area contributed by atoms with Gasteiger partial charge in [-0.25, -0.2) is 0 Å². The lowest BCUT2D eigenvalue weighted by Crippen LogP contribution is -2.40. The van der Waals surface area contributed by atoms with Crippen LogP contribution in [0.5, 0.6) is 11.5 Å². The van der Waals surface area contributed by atoms with Gasteiger partial charge in [-0.05, 0) is 78.9 Å². The molecule has 198 valence electrons. The number of nitrogens with one attached hydrogen (secondary N) is 1. The van der Waals surface area contributed by atoms with Gasteiger partial charge in [-0.2, -0.15) is 9.78 Å². The van der Waals surface area contributed by atoms with Gasteiger partial charge in [0.05, 0.1) is 25.1 Å². The minimum absolute atomic E-state index is 0.0809. The molecule has 0 unspecified atom stereocenters. The molecule has 0 radical (unpaired) electrons. The van der Waals surface area contributed by atoms with Crippen LogP contribution in [-0.2, 0) is 17.6 Å².